The second kappa shape index (κ2) is 8.41. The van der Waals surface area contributed by atoms with E-state index in [1.165, 1.54) is 16.4 Å². The van der Waals surface area contributed by atoms with Crippen LogP contribution in [0.25, 0.3) is 0 Å². The predicted molar refractivity (Wildman–Crippen MR) is 107 cm³/mol. The number of aryl methyl sites for hydroxylation is 2. The summed E-state index contributed by atoms with van der Waals surface area (Å²) < 4.78 is 40.6. The molecule has 5 nitrogen and oxygen atoms in total. The molecule has 1 aliphatic heterocycles. The van der Waals surface area contributed by atoms with Crippen LogP contribution >= 0.6 is 0 Å². The molecule has 0 spiro atoms. The lowest BCUT2D eigenvalue weighted by Crippen LogP contribution is -2.45. The molecule has 28 heavy (non-hydrogen) atoms. The number of nitrogens with zero attached hydrogens (tertiary/aromatic N) is 1. The molecule has 0 radical (unpaired) electrons. The maximum absolute atomic E-state index is 13.2. The Balaban J connectivity index is 1.75. The Bertz CT molecular complexity index is 938. The summed E-state index contributed by atoms with van der Waals surface area (Å²) in [6.07, 6.45) is 2.33. The fourth-order valence-electron chi connectivity index (χ4n) is 3.71. The van der Waals surface area contributed by atoms with Crippen molar-refractivity contribution in [1.29, 1.82) is 0 Å². The zero-order valence-electron chi connectivity index (χ0n) is 16.1. The zero-order chi connectivity index (χ0) is 20.3. The van der Waals surface area contributed by atoms with E-state index in [1.807, 2.05) is 32.0 Å². The number of rotatable bonds is 5. The molecule has 2 aromatic carbocycles. The van der Waals surface area contributed by atoms with Gasteiger partial charge >= 0.3 is 0 Å². The highest BCUT2D eigenvalue weighted by atomic mass is 32.2. The van der Waals surface area contributed by atoms with Crippen LogP contribution in [0.4, 0.5) is 10.1 Å². The van der Waals surface area contributed by atoms with Gasteiger partial charge in [0.05, 0.1) is 4.90 Å². The summed E-state index contributed by atoms with van der Waals surface area (Å²) in [5.41, 5.74) is 2.81. The van der Waals surface area contributed by atoms with Gasteiger partial charge in [-0.15, -0.1) is 0 Å². The predicted octanol–water partition coefficient (Wildman–Crippen LogP) is 4.01. The van der Waals surface area contributed by atoms with Crippen molar-refractivity contribution in [2.45, 2.75) is 50.5 Å². The first kappa shape index (κ1) is 20.5. The van der Waals surface area contributed by atoms with Gasteiger partial charge in [-0.25, -0.2) is 12.8 Å². The van der Waals surface area contributed by atoms with Crippen molar-refractivity contribution >= 4 is 21.6 Å². The molecule has 1 unspecified atom stereocenters. The Kier molecular flexibility index (Phi) is 6.15. The van der Waals surface area contributed by atoms with Crippen molar-refractivity contribution in [2.75, 3.05) is 11.9 Å². The first-order chi connectivity index (χ1) is 13.3. The molecular formula is C21H25FN2O3S. The van der Waals surface area contributed by atoms with Crippen LogP contribution in [0.5, 0.6) is 0 Å². The number of hydrogen-bond acceptors (Lipinski definition) is 3. The largest absolute Gasteiger partial charge is 0.326 e. The molecular weight excluding hydrogens is 379 g/mol. The molecule has 0 bridgehead atoms. The summed E-state index contributed by atoms with van der Waals surface area (Å²) in [6.45, 7) is 4.28. The second-order valence-corrected chi connectivity index (χ2v) is 9.24. The van der Waals surface area contributed by atoms with Gasteiger partial charge in [0.15, 0.2) is 0 Å². The lowest BCUT2D eigenvalue weighted by atomic mass is 10.0. The standard InChI is InChI=1S/C21H25FN2O3S/c1-15-11-16(2)13-18(12-15)23-21(25)14-19-5-3-4-10-24(19)28(26,27)20-8-6-17(22)7-9-20/h6-9,11-13,19H,3-5,10,14H2,1-2H3,(H,23,25). The van der Waals surface area contributed by atoms with E-state index >= 15 is 0 Å². The van der Waals surface area contributed by atoms with Crippen LogP contribution in [0.1, 0.15) is 36.8 Å². The van der Waals surface area contributed by atoms with Gasteiger partial charge in [0.2, 0.25) is 15.9 Å². The van der Waals surface area contributed by atoms with Crippen molar-refractivity contribution in [3.8, 4) is 0 Å². The van der Waals surface area contributed by atoms with Crippen LogP contribution in [0.2, 0.25) is 0 Å². The van der Waals surface area contributed by atoms with E-state index in [0.717, 1.165) is 36.1 Å². The third-order valence-electron chi connectivity index (χ3n) is 4.92. The monoisotopic (exact) mass is 404 g/mol. The number of benzene rings is 2. The number of nitrogens with one attached hydrogen (secondary N) is 1. The molecule has 1 amide bonds. The Morgan fingerprint density at radius 3 is 2.39 bits per heavy atom. The first-order valence-electron chi connectivity index (χ1n) is 9.41. The van der Waals surface area contributed by atoms with Crippen molar-refractivity contribution in [3.63, 3.8) is 0 Å². The van der Waals surface area contributed by atoms with Crippen LogP contribution in [-0.4, -0.2) is 31.2 Å². The summed E-state index contributed by atoms with van der Waals surface area (Å²) in [7, 11) is -3.77. The molecule has 1 atom stereocenters. The Labute approximate surface area is 165 Å². The third-order valence-corrected chi connectivity index (χ3v) is 6.89. The van der Waals surface area contributed by atoms with Gasteiger partial charge in [0.25, 0.3) is 0 Å². The maximum atomic E-state index is 13.2. The van der Waals surface area contributed by atoms with Crippen LogP contribution in [0, 0.1) is 19.7 Å². The highest BCUT2D eigenvalue weighted by Crippen LogP contribution is 2.27. The van der Waals surface area contributed by atoms with E-state index < -0.39 is 21.9 Å². The van der Waals surface area contributed by atoms with Crippen LogP contribution in [0.15, 0.2) is 47.4 Å². The second-order valence-electron chi connectivity index (χ2n) is 7.35. The minimum absolute atomic E-state index is 0.0514. The van der Waals surface area contributed by atoms with Crippen molar-refractivity contribution in [3.05, 3.63) is 59.4 Å². The fraction of sp³-hybridized carbons (Fsp3) is 0.381. The van der Waals surface area contributed by atoms with E-state index in [4.69, 9.17) is 0 Å². The highest BCUT2D eigenvalue weighted by molar-refractivity contribution is 7.89. The van der Waals surface area contributed by atoms with Gasteiger partial charge < -0.3 is 5.32 Å². The summed E-state index contributed by atoms with van der Waals surface area (Å²) in [4.78, 5) is 12.6. The van der Waals surface area contributed by atoms with Crippen LogP contribution in [0.3, 0.4) is 0 Å². The lowest BCUT2D eigenvalue weighted by Gasteiger charge is -2.34. The molecule has 3 rings (SSSR count). The number of halogens is 1. The molecule has 1 aliphatic rings. The maximum Gasteiger partial charge on any atom is 0.243 e. The van der Waals surface area contributed by atoms with E-state index in [0.29, 0.717) is 18.7 Å². The summed E-state index contributed by atoms with van der Waals surface area (Å²) in [5.74, 6) is -0.696. The number of hydrogen-bond donors (Lipinski definition) is 1. The molecule has 0 aliphatic carbocycles. The minimum Gasteiger partial charge on any atom is -0.326 e. The molecule has 1 heterocycles. The Morgan fingerprint density at radius 1 is 1.11 bits per heavy atom. The number of sulfonamides is 1. The Morgan fingerprint density at radius 2 is 1.75 bits per heavy atom. The summed E-state index contributed by atoms with van der Waals surface area (Å²) in [5, 5.41) is 2.88. The van der Waals surface area contributed by atoms with Gasteiger partial charge in [0, 0.05) is 24.7 Å². The van der Waals surface area contributed by atoms with E-state index in [2.05, 4.69) is 5.32 Å². The number of carbonyl (C=O) groups is 1. The normalized spacial score (nSPS) is 18.0. The van der Waals surface area contributed by atoms with Crippen molar-refractivity contribution in [1.82, 2.24) is 4.31 Å². The first-order valence-corrected chi connectivity index (χ1v) is 10.9. The van der Waals surface area contributed by atoms with Crippen molar-refractivity contribution in [2.24, 2.45) is 0 Å². The summed E-state index contributed by atoms with van der Waals surface area (Å²) >= 11 is 0. The average molecular weight is 405 g/mol. The van der Waals surface area contributed by atoms with E-state index in [9.17, 15) is 17.6 Å². The highest BCUT2D eigenvalue weighted by Gasteiger charge is 2.34. The number of amides is 1. The number of piperidine rings is 1. The topological polar surface area (TPSA) is 66.5 Å². The summed E-state index contributed by atoms with van der Waals surface area (Å²) in [6, 6.07) is 10.2. The van der Waals surface area contributed by atoms with Gasteiger partial charge in [-0.05, 0) is 74.2 Å². The van der Waals surface area contributed by atoms with Crippen molar-refractivity contribution < 1.29 is 17.6 Å². The molecule has 7 heteroatoms. The minimum atomic E-state index is -3.77. The molecule has 1 fully saturated rings. The van der Waals surface area contributed by atoms with Gasteiger partial charge in [-0.1, -0.05) is 12.5 Å². The van der Waals surface area contributed by atoms with Gasteiger partial charge in [-0.3, -0.25) is 4.79 Å². The van der Waals surface area contributed by atoms with Crippen LogP contribution < -0.4 is 5.32 Å². The van der Waals surface area contributed by atoms with E-state index in [1.54, 1.807) is 0 Å². The molecule has 1 saturated heterocycles. The molecule has 1 N–H and O–H groups in total. The van der Waals surface area contributed by atoms with Gasteiger partial charge in [-0.2, -0.15) is 4.31 Å². The molecule has 0 aromatic heterocycles. The third kappa shape index (κ3) is 4.77. The molecule has 150 valence electrons. The number of carbonyl (C=O) groups excluding carboxylic acids is 1. The quantitative estimate of drug-likeness (QED) is 0.819. The fourth-order valence-corrected chi connectivity index (χ4v) is 5.40. The SMILES string of the molecule is Cc1cc(C)cc(NC(=O)CC2CCCCN2S(=O)(=O)c2ccc(F)cc2)c1. The number of anilines is 1. The average Bonchev–Trinajstić information content (AvgIpc) is 2.61. The lowest BCUT2D eigenvalue weighted by molar-refractivity contribution is -0.117. The molecule has 2 aromatic rings. The molecule has 0 saturated carbocycles. The smallest absolute Gasteiger partial charge is 0.243 e. The van der Waals surface area contributed by atoms with E-state index in [-0.39, 0.29) is 17.2 Å². The van der Waals surface area contributed by atoms with Gasteiger partial charge in [0.1, 0.15) is 5.82 Å². The Hall–Kier alpha value is -2.25. The van der Waals surface area contributed by atoms with Crippen LogP contribution in [-0.2, 0) is 14.8 Å². The zero-order valence-corrected chi connectivity index (χ0v) is 16.9.